The highest BCUT2D eigenvalue weighted by molar-refractivity contribution is 5.57. The minimum atomic E-state index is -6.01. The summed E-state index contributed by atoms with van der Waals surface area (Å²) in [4.78, 5) is 25.6. The van der Waals surface area contributed by atoms with Gasteiger partial charge in [-0.05, 0) is 0 Å². The summed E-state index contributed by atoms with van der Waals surface area (Å²) >= 11 is 0. The summed E-state index contributed by atoms with van der Waals surface area (Å²) in [5.74, 6) is -6.01. The van der Waals surface area contributed by atoms with Gasteiger partial charge in [0.15, 0.2) is 0 Å². The van der Waals surface area contributed by atoms with Gasteiger partial charge in [0.25, 0.3) is 0 Å². The van der Waals surface area contributed by atoms with Crippen LogP contribution in [0.1, 0.15) is 6.92 Å². The zero-order valence-corrected chi connectivity index (χ0v) is 8.30. The normalized spacial score (nSPS) is 12.9. The minimum Gasteiger partial charge on any atom is -0.450 e. The molecule has 0 aromatic rings. The first kappa shape index (κ1) is 15.8. The van der Waals surface area contributed by atoms with E-state index in [2.05, 4.69) is 4.74 Å². The van der Waals surface area contributed by atoms with Crippen molar-refractivity contribution >= 4 is 6.16 Å². The first-order valence-electron chi connectivity index (χ1n) is 3.77. The van der Waals surface area contributed by atoms with E-state index in [1.165, 1.54) is 0 Å². The maximum absolute atomic E-state index is 13.1. The van der Waals surface area contributed by atoms with Crippen LogP contribution in [0.4, 0.5) is 22.4 Å². The minimum absolute atomic E-state index is 0.397. The summed E-state index contributed by atoms with van der Waals surface area (Å²) in [6.45, 7) is -0.397. The van der Waals surface area contributed by atoms with Gasteiger partial charge in [-0.3, -0.25) is 20.2 Å². The third-order valence-corrected chi connectivity index (χ3v) is 1.89. The number of nitro groups is 2. The average molecular weight is 280 g/mol. The topological polar surface area (TPSA) is 133 Å². The van der Waals surface area contributed by atoms with Crippen LogP contribution in [0.5, 0.6) is 0 Å². The van der Waals surface area contributed by atoms with Gasteiger partial charge >= 0.3 is 23.8 Å². The Balaban J connectivity index is 5.79. The number of hydrogen-bond acceptors (Lipinski definition) is 6. The third-order valence-electron chi connectivity index (χ3n) is 1.89. The lowest BCUT2D eigenvalue weighted by molar-refractivity contribution is -0.822. The largest absolute Gasteiger partial charge is 0.527 e. The molecule has 1 N–H and O–H groups in total. The molecule has 0 spiro atoms. The van der Waals surface area contributed by atoms with E-state index >= 15 is 0 Å². The molecule has 0 aliphatic heterocycles. The number of halogens is 4. The Morgan fingerprint density at radius 1 is 1.17 bits per heavy atom. The summed E-state index contributed by atoms with van der Waals surface area (Å²) in [5.41, 5.74) is -4.66. The Kier molecular flexibility index (Phi) is 3.71. The second-order valence-corrected chi connectivity index (χ2v) is 2.99. The highest BCUT2D eigenvalue weighted by Crippen LogP contribution is 2.44. The maximum Gasteiger partial charge on any atom is 0.527 e. The molecule has 0 fully saturated rings. The lowest BCUT2D eigenvalue weighted by Crippen LogP contribution is -2.66. The number of hydrogen-bond donors (Lipinski definition) is 1. The molecule has 13 heteroatoms. The van der Waals surface area contributed by atoms with Crippen LogP contribution in [0.25, 0.3) is 0 Å². The van der Waals surface area contributed by atoms with Crippen molar-refractivity contribution in [1.29, 1.82) is 0 Å². The number of nitrogens with zero attached hydrogens (tertiary/aromatic N) is 2. The van der Waals surface area contributed by atoms with Gasteiger partial charge in [-0.1, -0.05) is 0 Å². The summed E-state index contributed by atoms with van der Waals surface area (Å²) in [7, 11) is 0. The van der Waals surface area contributed by atoms with Crippen LogP contribution in [-0.2, 0) is 4.74 Å². The van der Waals surface area contributed by atoms with E-state index in [4.69, 9.17) is 5.11 Å². The molecule has 0 bridgehead atoms. The van der Waals surface area contributed by atoms with Crippen LogP contribution >= 0.6 is 0 Å². The number of alkyl halides is 4. The van der Waals surface area contributed by atoms with Crippen LogP contribution in [0.3, 0.4) is 0 Å². The third kappa shape index (κ3) is 2.10. The fraction of sp³-hybridized carbons (Fsp3) is 0.800. The predicted octanol–water partition coefficient (Wildman–Crippen LogP) is 1.18. The van der Waals surface area contributed by atoms with Gasteiger partial charge in [0, 0.05) is 0 Å². The molecule has 0 aromatic carbocycles. The second-order valence-electron chi connectivity index (χ2n) is 2.99. The van der Waals surface area contributed by atoms with E-state index in [-0.39, 0.29) is 0 Å². The van der Waals surface area contributed by atoms with Crippen molar-refractivity contribution in [1.82, 2.24) is 0 Å². The molecule has 0 heterocycles. The summed E-state index contributed by atoms with van der Waals surface area (Å²) in [5, 5.41) is 28.2. The Morgan fingerprint density at radius 3 is 1.72 bits per heavy atom. The molecule has 0 atom stereocenters. The molecule has 0 aliphatic rings. The first-order chi connectivity index (χ1) is 7.80. The number of ether oxygens (including phenoxy) is 1. The molecule has 0 saturated heterocycles. The van der Waals surface area contributed by atoms with Gasteiger partial charge in [-0.25, -0.2) is 4.79 Å². The quantitative estimate of drug-likeness (QED) is 0.263. The van der Waals surface area contributed by atoms with Crippen molar-refractivity contribution in [3.8, 4) is 0 Å². The summed E-state index contributed by atoms with van der Waals surface area (Å²) in [6.07, 6.45) is -8.83. The van der Waals surface area contributed by atoms with Crippen molar-refractivity contribution in [2.75, 3.05) is 0 Å². The van der Waals surface area contributed by atoms with Crippen molar-refractivity contribution in [3.63, 3.8) is 0 Å². The van der Waals surface area contributed by atoms with Gasteiger partial charge in [-0.2, -0.15) is 17.6 Å². The molecule has 104 valence electrons. The molecule has 0 saturated carbocycles. The fourth-order valence-corrected chi connectivity index (χ4v) is 0.745. The van der Waals surface area contributed by atoms with Crippen LogP contribution < -0.4 is 0 Å². The van der Waals surface area contributed by atoms with Gasteiger partial charge in [0.1, 0.15) is 9.85 Å². The zero-order valence-electron chi connectivity index (χ0n) is 8.30. The van der Waals surface area contributed by atoms with E-state index in [1.54, 1.807) is 0 Å². The van der Waals surface area contributed by atoms with E-state index < -0.39 is 40.6 Å². The molecule has 0 aliphatic carbocycles. The Labute approximate surface area is 94.2 Å². The first-order valence-corrected chi connectivity index (χ1v) is 3.77. The molecule has 0 radical (unpaired) electrons. The zero-order chi connectivity index (χ0) is 14.9. The lowest BCUT2D eigenvalue weighted by atomic mass is 10.0. The van der Waals surface area contributed by atoms with Gasteiger partial charge in [0.2, 0.25) is 0 Å². The number of carbonyl (C=O) groups is 1. The van der Waals surface area contributed by atoms with E-state index in [1.807, 2.05) is 0 Å². The molecule has 9 nitrogen and oxygen atoms in total. The SMILES string of the molecule is CC([N+](=O)[O-])([N+](=O)[O-])C(F)(F)C(F)(F)OC(=O)O. The van der Waals surface area contributed by atoms with Crippen molar-refractivity contribution < 1.29 is 42.0 Å². The molecular weight excluding hydrogens is 276 g/mol. The Bertz CT molecular complexity index is 383. The van der Waals surface area contributed by atoms with Crippen LogP contribution in [0.15, 0.2) is 0 Å². The van der Waals surface area contributed by atoms with E-state index in [0.717, 1.165) is 0 Å². The molecular formula is C5H4F4N2O7. The maximum atomic E-state index is 13.1. The van der Waals surface area contributed by atoms with E-state index in [9.17, 15) is 42.6 Å². The molecule has 0 rings (SSSR count). The molecule has 0 aromatic heterocycles. The average Bonchev–Trinajstić information content (AvgIpc) is 2.12. The van der Waals surface area contributed by atoms with Crippen LogP contribution in [0, 0.1) is 20.2 Å². The second kappa shape index (κ2) is 4.23. The Hall–Kier alpha value is -2.21. The van der Waals surface area contributed by atoms with Gasteiger partial charge in [-0.15, -0.1) is 0 Å². The standard InChI is InChI=1S/C5H4F4N2O7/c1-3(10(14)15,11(16)17)4(6,7)5(8,9)18-2(12)13/h1H3,(H,12,13). The lowest BCUT2D eigenvalue weighted by Gasteiger charge is -2.27. The fourth-order valence-electron chi connectivity index (χ4n) is 0.745. The van der Waals surface area contributed by atoms with E-state index in [0.29, 0.717) is 0 Å². The van der Waals surface area contributed by atoms with Crippen molar-refractivity contribution in [2.45, 2.75) is 24.6 Å². The highest BCUT2D eigenvalue weighted by Gasteiger charge is 2.85. The summed E-state index contributed by atoms with van der Waals surface area (Å²) in [6, 6.07) is 0. The predicted molar refractivity (Wildman–Crippen MR) is 41.4 cm³/mol. The van der Waals surface area contributed by atoms with Gasteiger partial charge < -0.3 is 9.84 Å². The van der Waals surface area contributed by atoms with Crippen LogP contribution in [0.2, 0.25) is 0 Å². The van der Waals surface area contributed by atoms with Crippen molar-refractivity contribution in [2.24, 2.45) is 0 Å². The molecule has 0 amide bonds. The molecule has 18 heavy (non-hydrogen) atoms. The highest BCUT2D eigenvalue weighted by atomic mass is 19.3. The van der Waals surface area contributed by atoms with Gasteiger partial charge in [0.05, 0.1) is 6.92 Å². The monoisotopic (exact) mass is 280 g/mol. The number of carboxylic acid groups (broad SMARTS) is 1. The van der Waals surface area contributed by atoms with Crippen LogP contribution in [-0.4, -0.2) is 38.8 Å². The summed E-state index contributed by atoms with van der Waals surface area (Å²) < 4.78 is 54.1. The smallest absolute Gasteiger partial charge is 0.450 e. The van der Waals surface area contributed by atoms with Crippen molar-refractivity contribution in [3.05, 3.63) is 20.2 Å². The molecule has 0 unspecified atom stereocenters. The number of rotatable bonds is 5. The Morgan fingerprint density at radius 2 is 1.50 bits per heavy atom.